The molecule has 1 aromatic heterocycles. The van der Waals surface area contributed by atoms with E-state index in [1.54, 1.807) is 0 Å². The monoisotopic (exact) mass is 227 g/mol. The van der Waals surface area contributed by atoms with E-state index in [4.69, 9.17) is 5.73 Å². The fraction of sp³-hybridized carbons (Fsp3) is 0.286. The first-order chi connectivity index (χ1) is 8.26. The zero-order valence-electron chi connectivity index (χ0n) is 10.3. The molecule has 0 amide bonds. The van der Waals surface area contributed by atoms with Crippen molar-refractivity contribution in [1.29, 1.82) is 0 Å². The van der Waals surface area contributed by atoms with Gasteiger partial charge in [-0.15, -0.1) is 0 Å². The number of hydrogen-bond acceptors (Lipinski definition) is 3. The molecule has 1 aromatic carbocycles. The fourth-order valence-corrected chi connectivity index (χ4v) is 2.00. The number of nitrogens with zero attached hydrogens (tertiary/aromatic N) is 2. The van der Waals surface area contributed by atoms with Gasteiger partial charge in [-0.25, -0.2) is 9.97 Å². The average molecular weight is 227 g/mol. The molecule has 0 aliphatic carbocycles. The molecule has 0 aliphatic heterocycles. The Bertz CT molecular complexity index is 506. The Morgan fingerprint density at radius 3 is 2.41 bits per heavy atom. The van der Waals surface area contributed by atoms with E-state index in [1.807, 2.05) is 37.3 Å². The number of aryl methyl sites for hydroxylation is 1. The first kappa shape index (κ1) is 11.7. The number of benzene rings is 1. The van der Waals surface area contributed by atoms with Crippen LogP contribution < -0.4 is 5.73 Å². The minimum atomic E-state index is 0.465. The molecule has 17 heavy (non-hydrogen) atoms. The molecule has 0 unspecified atom stereocenters. The van der Waals surface area contributed by atoms with Gasteiger partial charge in [-0.2, -0.15) is 0 Å². The van der Waals surface area contributed by atoms with Gasteiger partial charge in [-0.05, 0) is 18.9 Å². The zero-order valence-corrected chi connectivity index (χ0v) is 10.3. The van der Waals surface area contributed by atoms with Crippen LogP contribution in [0.25, 0.3) is 11.4 Å². The summed E-state index contributed by atoms with van der Waals surface area (Å²) in [5.74, 6) is 0.765. The maximum absolute atomic E-state index is 5.75. The van der Waals surface area contributed by atoms with Gasteiger partial charge >= 0.3 is 0 Å². The van der Waals surface area contributed by atoms with Crippen LogP contribution in [0.3, 0.4) is 0 Å². The van der Waals surface area contributed by atoms with E-state index in [-0.39, 0.29) is 0 Å². The van der Waals surface area contributed by atoms with Crippen LogP contribution in [0.1, 0.15) is 23.9 Å². The van der Waals surface area contributed by atoms with Crippen LogP contribution in [0.2, 0.25) is 0 Å². The van der Waals surface area contributed by atoms with Crippen molar-refractivity contribution in [2.45, 2.75) is 26.8 Å². The second kappa shape index (κ2) is 5.06. The third kappa shape index (κ3) is 2.34. The molecule has 2 aromatic rings. The van der Waals surface area contributed by atoms with Crippen molar-refractivity contribution in [3.63, 3.8) is 0 Å². The highest BCUT2D eigenvalue weighted by Crippen LogP contribution is 2.19. The summed E-state index contributed by atoms with van der Waals surface area (Å²) in [4.78, 5) is 9.11. The van der Waals surface area contributed by atoms with Gasteiger partial charge < -0.3 is 5.73 Å². The molecule has 0 saturated heterocycles. The average Bonchev–Trinajstić information content (AvgIpc) is 2.38. The summed E-state index contributed by atoms with van der Waals surface area (Å²) in [5.41, 5.74) is 9.95. The topological polar surface area (TPSA) is 51.8 Å². The van der Waals surface area contributed by atoms with E-state index in [2.05, 4.69) is 16.9 Å². The summed E-state index contributed by atoms with van der Waals surface area (Å²) in [7, 11) is 0. The Kier molecular flexibility index (Phi) is 3.49. The third-order valence-corrected chi connectivity index (χ3v) is 2.88. The number of aromatic nitrogens is 2. The summed E-state index contributed by atoms with van der Waals surface area (Å²) in [6, 6.07) is 10.00. The highest BCUT2D eigenvalue weighted by Gasteiger charge is 2.09. The van der Waals surface area contributed by atoms with Gasteiger partial charge in [0.05, 0.1) is 5.69 Å². The molecule has 0 saturated carbocycles. The maximum atomic E-state index is 5.75. The summed E-state index contributed by atoms with van der Waals surface area (Å²) < 4.78 is 0. The molecule has 3 nitrogen and oxygen atoms in total. The van der Waals surface area contributed by atoms with E-state index in [0.29, 0.717) is 6.54 Å². The van der Waals surface area contributed by atoms with Crippen molar-refractivity contribution in [1.82, 2.24) is 9.97 Å². The molecule has 0 bridgehead atoms. The largest absolute Gasteiger partial charge is 0.325 e. The van der Waals surface area contributed by atoms with Gasteiger partial charge in [0.15, 0.2) is 5.82 Å². The summed E-state index contributed by atoms with van der Waals surface area (Å²) in [5, 5.41) is 0. The van der Waals surface area contributed by atoms with Crippen LogP contribution in [0.15, 0.2) is 30.3 Å². The van der Waals surface area contributed by atoms with Crippen molar-refractivity contribution in [3.05, 3.63) is 47.3 Å². The van der Waals surface area contributed by atoms with Crippen LogP contribution >= 0.6 is 0 Å². The molecule has 88 valence electrons. The van der Waals surface area contributed by atoms with Crippen LogP contribution in [0.5, 0.6) is 0 Å². The predicted octanol–water partition coefficient (Wildman–Crippen LogP) is 2.47. The Balaban J connectivity index is 2.54. The SMILES string of the molecule is CCc1c(C)nc(-c2ccccc2)nc1CN. The molecule has 0 aliphatic rings. The van der Waals surface area contributed by atoms with E-state index >= 15 is 0 Å². The quantitative estimate of drug-likeness (QED) is 0.876. The lowest BCUT2D eigenvalue weighted by Gasteiger charge is -2.10. The Morgan fingerprint density at radius 2 is 1.82 bits per heavy atom. The van der Waals surface area contributed by atoms with Crippen molar-refractivity contribution in [3.8, 4) is 11.4 Å². The molecule has 2 rings (SSSR count). The van der Waals surface area contributed by atoms with E-state index < -0.39 is 0 Å². The lowest BCUT2D eigenvalue weighted by atomic mass is 10.1. The van der Waals surface area contributed by atoms with Crippen LogP contribution in [0.4, 0.5) is 0 Å². The van der Waals surface area contributed by atoms with Crippen LogP contribution in [-0.2, 0) is 13.0 Å². The van der Waals surface area contributed by atoms with Gasteiger partial charge in [0.25, 0.3) is 0 Å². The van der Waals surface area contributed by atoms with E-state index in [1.165, 1.54) is 5.56 Å². The van der Waals surface area contributed by atoms with Crippen molar-refractivity contribution in [2.24, 2.45) is 5.73 Å². The van der Waals surface area contributed by atoms with Gasteiger partial charge in [-0.3, -0.25) is 0 Å². The fourth-order valence-electron chi connectivity index (χ4n) is 2.00. The Hall–Kier alpha value is -1.74. The zero-order chi connectivity index (χ0) is 12.3. The Morgan fingerprint density at radius 1 is 1.12 bits per heavy atom. The second-order valence-corrected chi connectivity index (χ2v) is 3.98. The number of nitrogens with two attached hydrogens (primary N) is 1. The minimum absolute atomic E-state index is 0.465. The highest BCUT2D eigenvalue weighted by molar-refractivity contribution is 5.55. The number of rotatable bonds is 3. The maximum Gasteiger partial charge on any atom is 0.159 e. The lowest BCUT2D eigenvalue weighted by molar-refractivity contribution is 0.891. The van der Waals surface area contributed by atoms with Gasteiger partial charge in [0, 0.05) is 17.8 Å². The lowest BCUT2D eigenvalue weighted by Crippen LogP contribution is -2.09. The standard InChI is InChI=1S/C14H17N3/c1-3-12-10(2)16-14(17-13(12)9-15)11-7-5-4-6-8-11/h4-8H,3,9,15H2,1-2H3. The summed E-state index contributed by atoms with van der Waals surface area (Å²) in [6.07, 6.45) is 0.924. The Labute approximate surface area is 102 Å². The van der Waals surface area contributed by atoms with Crippen LogP contribution in [-0.4, -0.2) is 9.97 Å². The first-order valence-corrected chi connectivity index (χ1v) is 5.88. The molecule has 3 heteroatoms. The summed E-state index contributed by atoms with van der Waals surface area (Å²) >= 11 is 0. The molecule has 1 heterocycles. The van der Waals surface area contributed by atoms with Gasteiger partial charge in [-0.1, -0.05) is 37.3 Å². The minimum Gasteiger partial charge on any atom is -0.325 e. The third-order valence-electron chi connectivity index (χ3n) is 2.88. The second-order valence-electron chi connectivity index (χ2n) is 3.98. The van der Waals surface area contributed by atoms with E-state index in [0.717, 1.165) is 29.2 Å². The molecule has 0 radical (unpaired) electrons. The molecular formula is C14H17N3. The smallest absolute Gasteiger partial charge is 0.159 e. The van der Waals surface area contributed by atoms with Crippen molar-refractivity contribution < 1.29 is 0 Å². The van der Waals surface area contributed by atoms with Crippen molar-refractivity contribution in [2.75, 3.05) is 0 Å². The van der Waals surface area contributed by atoms with Gasteiger partial charge in [0.1, 0.15) is 0 Å². The van der Waals surface area contributed by atoms with E-state index in [9.17, 15) is 0 Å². The van der Waals surface area contributed by atoms with Gasteiger partial charge in [0.2, 0.25) is 0 Å². The summed E-state index contributed by atoms with van der Waals surface area (Å²) in [6.45, 7) is 4.59. The first-order valence-electron chi connectivity index (χ1n) is 5.88. The molecule has 0 atom stereocenters. The molecule has 0 fully saturated rings. The normalized spacial score (nSPS) is 10.5. The highest BCUT2D eigenvalue weighted by atomic mass is 14.9. The predicted molar refractivity (Wildman–Crippen MR) is 69.5 cm³/mol. The number of hydrogen-bond donors (Lipinski definition) is 1. The van der Waals surface area contributed by atoms with Crippen LogP contribution in [0, 0.1) is 6.92 Å². The molecule has 2 N–H and O–H groups in total. The van der Waals surface area contributed by atoms with Crippen molar-refractivity contribution >= 4 is 0 Å². The molecule has 0 spiro atoms. The molecular weight excluding hydrogens is 210 g/mol.